The maximum absolute atomic E-state index is 14.8. The number of hydrogen-bond donors (Lipinski definition) is 0. The smallest absolute Gasteiger partial charge is 0.134 e. The Labute approximate surface area is 205 Å². The minimum atomic E-state index is -0.122. The van der Waals surface area contributed by atoms with Crippen LogP contribution >= 0.6 is 0 Å². The van der Waals surface area contributed by atoms with Gasteiger partial charge in [0.2, 0.25) is 0 Å². The lowest BCUT2D eigenvalue weighted by Crippen LogP contribution is -2.15. The molecule has 0 nitrogen and oxygen atoms in total. The zero-order valence-electron chi connectivity index (χ0n) is 20.6. The highest BCUT2D eigenvalue weighted by atomic mass is 19.1. The summed E-state index contributed by atoms with van der Waals surface area (Å²) in [7, 11) is 0. The van der Waals surface area contributed by atoms with Crippen LogP contribution in [0, 0.1) is 29.5 Å². The van der Waals surface area contributed by atoms with E-state index in [1.54, 1.807) is 0 Å². The Bertz CT molecular complexity index is 1150. The van der Waals surface area contributed by atoms with Crippen LogP contribution in [0.4, 0.5) is 4.39 Å². The first-order valence-corrected chi connectivity index (χ1v) is 13.1. The average Bonchev–Trinajstić information content (AvgIpc) is 2.87. The third-order valence-corrected chi connectivity index (χ3v) is 7.46. The molecule has 0 atom stereocenters. The molecule has 1 heteroatoms. The van der Waals surface area contributed by atoms with Crippen molar-refractivity contribution < 1.29 is 4.39 Å². The van der Waals surface area contributed by atoms with Crippen molar-refractivity contribution in [3.05, 3.63) is 95.3 Å². The fraction of sp³-hybridized carbons (Fsp3) is 0.394. The zero-order valence-corrected chi connectivity index (χ0v) is 20.6. The van der Waals surface area contributed by atoms with Gasteiger partial charge in [0.25, 0.3) is 0 Å². The van der Waals surface area contributed by atoms with Crippen LogP contribution in [-0.2, 0) is 12.8 Å². The molecule has 0 heterocycles. The zero-order chi connectivity index (χ0) is 23.8. The quantitative estimate of drug-likeness (QED) is 0.236. The van der Waals surface area contributed by atoms with Crippen LogP contribution in [0.5, 0.6) is 0 Å². The molecule has 3 aromatic rings. The first-order chi connectivity index (χ1) is 16.7. The Morgan fingerprint density at radius 2 is 1.53 bits per heavy atom. The molecular weight excluding hydrogens is 415 g/mol. The van der Waals surface area contributed by atoms with E-state index < -0.39 is 0 Å². The van der Waals surface area contributed by atoms with Gasteiger partial charge in [-0.05, 0) is 78.3 Å². The summed E-state index contributed by atoms with van der Waals surface area (Å²) in [6, 6.07) is 18.3. The van der Waals surface area contributed by atoms with Crippen LogP contribution in [0.2, 0.25) is 0 Å². The molecule has 0 unspecified atom stereocenters. The van der Waals surface area contributed by atoms with Crippen molar-refractivity contribution in [2.24, 2.45) is 11.8 Å². The SMILES string of the molecule is C=CCCc1ccc2cc(C#Cc3ccc(CCC4CCC(CCC)CC4)cc3)ccc2c1F. The van der Waals surface area contributed by atoms with Crippen LogP contribution in [0.25, 0.3) is 10.8 Å². The fourth-order valence-corrected chi connectivity index (χ4v) is 5.35. The molecule has 0 bridgehead atoms. The number of benzene rings is 3. The van der Waals surface area contributed by atoms with Gasteiger partial charge in [-0.2, -0.15) is 0 Å². The van der Waals surface area contributed by atoms with E-state index in [4.69, 9.17) is 0 Å². The largest absolute Gasteiger partial charge is 0.206 e. The molecule has 3 aromatic carbocycles. The molecule has 34 heavy (non-hydrogen) atoms. The van der Waals surface area contributed by atoms with E-state index in [2.05, 4.69) is 49.6 Å². The van der Waals surface area contributed by atoms with E-state index in [9.17, 15) is 4.39 Å². The molecule has 0 N–H and O–H groups in total. The summed E-state index contributed by atoms with van der Waals surface area (Å²) in [5.74, 6) is 8.30. The Kier molecular flexibility index (Phi) is 8.59. The van der Waals surface area contributed by atoms with Gasteiger partial charge in [0.05, 0.1) is 0 Å². The second-order valence-electron chi connectivity index (χ2n) is 9.96. The Morgan fingerprint density at radius 1 is 0.853 bits per heavy atom. The molecule has 0 aromatic heterocycles. The standard InChI is InChI=1S/C33H37F/c1-3-5-7-30-21-22-31-24-29(20-23-32(31)33(30)34)19-18-28-16-14-27(15-17-28)13-12-26-10-8-25(6-4-2)9-11-26/h3,14-17,20-26H,1,4-13H2,2H3. The highest BCUT2D eigenvalue weighted by Gasteiger charge is 2.20. The molecule has 4 rings (SSSR count). The van der Waals surface area contributed by atoms with Gasteiger partial charge in [0.15, 0.2) is 0 Å². The minimum absolute atomic E-state index is 0.122. The normalized spacial score (nSPS) is 17.8. The van der Waals surface area contributed by atoms with Crippen molar-refractivity contribution in [2.75, 3.05) is 0 Å². The van der Waals surface area contributed by atoms with Crippen LogP contribution in [-0.4, -0.2) is 0 Å². The third kappa shape index (κ3) is 6.38. The molecule has 1 fully saturated rings. The molecule has 1 aliphatic rings. The van der Waals surface area contributed by atoms with Gasteiger partial charge in [-0.15, -0.1) is 6.58 Å². The van der Waals surface area contributed by atoms with Crippen LogP contribution < -0.4 is 0 Å². The maximum atomic E-state index is 14.8. The summed E-state index contributed by atoms with van der Waals surface area (Å²) in [5.41, 5.74) is 4.09. The lowest BCUT2D eigenvalue weighted by atomic mass is 9.78. The number of hydrogen-bond acceptors (Lipinski definition) is 0. The molecule has 1 aliphatic carbocycles. The summed E-state index contributed by atoms with van der Waals surface area (Å²) in [5, 5.41) is 1.56. The summed E-state index contributed by atoms with van der Waals surface area (Å²) >= 11 is 0. The molecule has 0 aliphatic heterocycles. The van der Waals surface area contributed by atoms with Gasteiger partial charge in [0, 0.05) is 16.5 Å². The van der Waals surface area contributed by atoms with Gasteiger partial charge < -0.3 is 0 Å². The maximum Gasteiger partial charge on any atom is 0.134 e. The average molecular weight is 453 g/mol. The van der Waals surface area contributed by atoms with Crippen molar-refractivity contribution in [1.82, 2.24) is 0 Å². The summed E-state index contributed by atoms with van der Waals surface area (Å²) < 4.78 is 14.8. The van der Waals surface area contributed by atoms with E-state index in [0.29, 0.717) is 11.8 Å². The molecule has 0 radical (unpaired) electrons. The topological polar surface area (TPSA) is 0 Å². The van der Waals surface area contributed by atoms with Crippen molar-refractivity contribution in [3.8, 4) is 11.8 Å². The number of aryl methyl sites for hydroxylation is 2. The second-order valence-corrected chi connectivity index (χ2v) is 9.96. The monoisotopic (exact) mass is 452 g/mol. The highest BCUT2D eigenvalue weighted by molar-refractivity contribution is 5.85. The van der Waals surface area contributed by atoms with Crippen molar-refractivity contribution in [2.45, 2.75) is 71.1 Å². The molecular formula is C33H37F. The van der Waals surface area contributed by atoms with Crippen molar-refractivity contribution >= 4 is 10.8 Å². The Morgan fingerprint density at radius 3 is 2.24 bits per heavy atom. The number of rotatable bonds is 8. The van der Waals surface area contributed by atoms with Crippen LogP contribution in [0.15, 0.2) is 67.3 Å². The van der Waals surface area contributed by atoms with Crippen LogP contribution in [0.3, 0.4) is 0 Å². The molecule has 176 valence electrons. The molecule has 0 amide bonds. The molecule has 0 saturated heterocycles. The van der Waals surface area contributed by atoms with Gasteiger partial charge in [-0.25, -0.2) is 4.39 Å². The van der Waals surface area contributed by atoms with E-state index in [0.717, 1.165) is 40.3 Å². The second kappa shape index (κ2) is 12.0. The lowest BCUT2D eigenvalue weighted by molar-refractivity contribution is 0.252. The summed E-state index contributed by atoms with van der Waals surface area (Å²) in [4.78, 5) is 0. The van der Waals surface area contributed by atoms with Crippen molar-refractivity contribution in [1.29, 1.82) is 0 Å². The number of halogens is 1. The third-order valence-electron chi connectivity index (χ3n) is 7.46. The summed E-state index contributed by atoms with van der Waals surface area (Å²) in [6.45, 7) is 6.04. The van der Waals surface area contributed by atoms with Gasteiger partial charge in [-0.3, -0.25) is 0 Å². The summed E-state index contributed by atoms with van der Waals surface area (Å²) in [6.07, 6.45) is 14.2. The Balaban J connectivity index is 1.34. The van der Waals surface area contributed by atoms with E-state index >= 15 is 0 Å². The van der Waals surface area contributed by atoms with Gasteiger partial charge >= 0.3 is 0 Å². The Hall–Kier alpha value is -2.85. The van der Waals surface area contributed by atoms with Gasteiger partial charge in [0.1, 0.15) is 5.82 Å². The van der Waals surface area contributed by atoms with E-state index in [1.165, 1.54) is 56.9 Å². The fourth-order valence-electron chi connectivity index (χ4n) is 5.35. The van der Waals surface area contributed by atoms with E-state index in [1.807, 2.05) is 36.4 Å². The first kappa shape index (κ1) is 24.3. The number of allylic oxidation sites excluding steroid dienone is 1. The van der Waals surface area contributed by atoms with E-state index in [-0.39, 0.29) is 5.82 Å². The predicted octanol–water partition coefficient (Wildman–Crippen LogP) is 9.04. The number of fused-ring (bicyclic) bond motifs is 1. The minimum Gasteiger partial charge on any atom is -0.206 e. The van der Waals surface area contributed by atoms with Crippen LogP contribution in [0.1, 0.15) is 80.5 Å². The first-order valence-electron chi connectivity index (χ1n) is 13.1. The highest BCUT2D eigenvalue weighted by Crippen LogP contribution is 2.33. The molecule has 0 spiro atoms. The van der Waals surface area contributed by atoms with Gasteiger partial charge in [-0.1, -0.05) is 93.7 Å². The van der Waals surface area contributed by atoms with Crippen molar-refractivity contribution in [3.63, 3.8) is 0 Å². The predicted molar refractivity (Wildman–Crippen MR) is 144 cm³/mol. The lowest BCUT2D eigenvalue weighted by Gasteiger charge is -2.28. The molecule has 1 saturated carbocycles.